The largest absolute Gasteiger partial charge is 0.491 e. The molecule has 7 heteroatoms. The lowest BCUT2D eigenvalue weighted by atomic mass is 10.0. The van der Waals surface area contributed by atoms with Crippen molar-refractivity contribution in [3.8, 4) is 16.9 Å². The van der Waals surface area contributed by atoms with Gasteiger partial charge in [-0.15, -0.1) is 0 Å². The molecule has 0 spiro atoms. The summed E-state index contributed by atoms with van der Waals surface area (Å²) in [7, 11) is 2.24. The predicted octanol–water partition coefficient (Wildman–Crippen LogP) is 2.62. The highest BCUT2D eigenvalue weighted by Crippen LogP contribution is 2.35. The van der Waals surface area contributed by atoms with E-state index in [0.717, 1.165) is 30.0 Å². The molecule has 0 aliphatic heterocycles. The summed E-state index contributed by atoms with van der Waals surface area (Å²) in [5.41, 5.74) is -1.48. The van der Waals surface area contributed by atoms with E-state index in [1.807, 2.05) is 0 Å². The number of hydrogen-bond donors (Lipinski definition) is 0. The number of aryl methyl sites for hydroxylation is 1. The number of hydrogen-bond acceptors (Lipinski definition) is 2. The highest BCUT2D eigenvalue weighted by Gasteiger charge is 2.27. The number of benzene rings is 1. The average Bonchev–Trinajstić information content (AvgIpc) is 2.41. The number of aromatic nitrogens is 1. The van der Waals surface area contributed by atoms with Crippen molar-refractivity contribution in [1.29, 1.82) is 0 Å². The molecule has 0 saturated carbocycles. The lowest BCUT2D eigenvalue weighted by Gasteiger charge is -2.11. The van der Waals surface area contributed by atoms with Gasteiger partial charge in [0.15, 0.2) is 17.4 Å². The molecule has 20 heavy (non-hydrogen) atoms. The van der Waals surface area contributed by atoms with Gasteiger partial charge in [-0.3, -0.25) is 4.79 Å². The van der Waals surface area contributed by atoms with Crippen LogP contribution >= 0.6 is 0 Å². The van der Waals surface area contributed by atoms with Gasteiger partial charge in [0.25, 0.3) is 0 Å². The SMILES string of the molecule is COc1c(F)c(F)c(-c2ccc(=O)n(C)c2)c(F)c1F. The Morgan fingerprint density at radius 1 is 1.00 bits per heavy atom. The summed E-state index contributed by atoms with van der Waals surface area (Å²) in [6.07, 6.45) is 1.08. The summed E-state index contributed by atoms with van der Waals surface area (Å²) < 4.78 is 60.2. The van der Waals surface area contributed by atoms with Crippen LogP contribution in [0.3, 0.4) is 0 Å². The fourth-order valence-corrected chi connectivity index (χ4v) is 1.79. The molecule has 1 heterocycles. The second kappa shape index (κ2) is 4.99. The molecule has 0 N–H and O–H groups in total. The number of methoxy groups -OCH3 is 1. The zero-order valence-corrected chi connectivity index (χ0v) is 10.5. The van der Waals surface area contributed by atoms with E-state index in [1.54, 1.807) is 0 Å². The first-order valence-electron chi connectivity index (χ1n) is 5.45. The van der Waals surface area contributed by atoms with Crippen LogP contribution in [0.25, 0.3) is 11.1 Å². The van der Waals surface area contributed by atoms with Crippen molar-refractivity contribution in [1.82, 2.24) is 4.57 Å². The van der Waals surface area contributed by atoms with Crippen LogP contribution in [0.2, 0.25) is 0 Å². The quantitative estimate of drug-likeness (QED) is 0.628. The average molecular weight is 287 g/mol. The minimum absolute atomic E-state index is 0.164. The second-order valence-electron chi connectivity index (χ2n) is 4.03. The fourth-order valence-electron chi connectivity index (χ4n) is 1.79. The Kier molecular flexibility index (Phi) is 3.52. The molecule has 0 unspecified atom stereocenters. The van der Waals surface area contributed by atoms with Gasteiger partial charge in [-0.2, -0.15) is 8.78 Å². The topological polar surface area (TPSA) is 31.2 Å². The molecule has 1 aromatic carbocycles. The van der Waals surface area contributed by atoms with Gasteiger partial charge in [0, 0.05) is 24.9 Å². The van der Waals surface area contributed by atoms with Crippen LogP contribution in [0.1, 0.15) is 0 Å². The van der Waals surface area contributed by atoms with Crippen LogP contribution in [-0.2, 0) is 7.05 Å². The van der Waals surface area contributed by atoms with Crippen molar-refractivity contribution in [3.63, 3.8) is 0 Å². The van der Waals surface area contributed by atoms with Gasteiger partial charge in [0.05, 0.1) is 12.7 Å². The van der Waals surface area contributed by atoms with Crippen molar-refractivity contribution < 1.29 is 22.3 Å². The maximum atomic E-state index is 13.9. The van der Waals surface area contributed by atoms with Gasteiger partial charge in [0.1, 0.15) is 0 Å². The monoisotopic (exact) mass is 287 g/mol. The zero-order valence-electron chi connectivity index (χ0n) is 10.5. The molecular formula is C13H9F4NO2. The lowest BCUT2D eigenvalue weighted by molar-refractivity contribution is 0.334. The summed E-state index contributed by atoms with van der Waals surface area (Å²) >= 11 is 0. The summed E-state index contributed by atoms with van der Waals surface area (Å²) in [5.74, 6) is -7.56. The zero-order chi connectivity index (χ0) is 15.0. The van der Waals surface area contributed by atoms with Crippen molar-refractivity contribution in [2.24, 2.45) is 7.05 Å². The number of pyridine rings is 1. The Hall–Kier alpha value is -2.31. The Morgan fingerprint density at radius 2 is 1.55 bits per heavy atom. The van der Waals surface area contributed by atoms with Gasteiger partial charge >= 0.3 is 0 Å². The molecule has 2 rings (SSSR count). The smallest absolute Gasteiger partial charge is 0.250 e. The third kappa shape index (κ3) is 2.04. The molecule has 106 valence electrons. The minimum Gasteiger partial charge on any atom is -0.491 e. The summed E-state index contributed by atoms with van der Waals surface area (Å²) in [5, 5.41) is 0. The Labute approximate surface area is 111 Å². The summed E-state index contributed by atoms with van der Waals surface area (Å²) in [6.45, 7) is 0. The van der Waals surface area contributed by atoms with Crippen molar-refractivity contribution in [2.45, 2.75) is 0 Å². The Morgan fingerprint density at radius 3 is 2.00 bits per heavy atom. The lowest BCUT2D eigenvalue weighted by Crippen LogP contribution is -2.14. The molecule has 0 bridgehead atoms. The highest BCUT2D eigenvalue weighted by molar-refractivity contribution is 5.65. The minimum atomic E-state index is -1.63. The van der Waals surface area contributed by atoms with Crippen LogP contribution in [0.15, 0.2) is 23.1 Å². The molecule has 1 aromatic heterocycles. The van der Waals surface area contributed by atoms with Crippen LogP contribution in [0, 0.1) is 23.3 Å². The maximum absolute atomic E-state index is 13.9. The molecular weight excluding hydrogens is 278 g/mol. The van der Waals surface area contributed by atoms with Crippen molar-refractivity contribution >= 4 is 0 Å². The standard InChI is InChI=1S/C13H9F4NO2/c1-18-5-6(3-4-7(18)19)8-9(14)11(16)13(20-2)12(17)10(8)15/h3-5H,1-2H3. The van der Waals surface area contributed by atoms with Gasteiger partial charge in [-0.25, -0.2) is 8.78 Å². The van der Waals surface area contributed by atoms with Crippen LogP contribution in [0.4, 0.5) is 17.6 Å². The van der Waals surface area contributed by atoms with E-state index in [0.29, 0.717) is 0 Å². The van der Waals surface area contributed by atoms with Gasteiger partial charge < -0.3 is 9.30 Å². The Bertz CT molecular complexity index is 711. The molecule has 2 aromatic rings. The highest BCUT2D eigenvalue weighted by atomic mass is 19.2. The molecule has 0 fully saturated rings. The van der Waals surface area contributed by atoms with Gasteiger partial charge in [0.2, 0.25) is 17.2 Å². The number of nitrogens with zero attached hydrogens (tertiary/aromatic N) is 1. The molecule has 0 saturated heterocycles. The first-order chi connectivity index (χ1) is 9.38. The summed E-state index contributed by atoms with van der Waals surface area (Å²) in [4.78, 5) is 11.2. The van der Waals surface area contributed by atoms with E-state index in [1.165, 1.54) is 7.05 Å². The fraction of sp³-hybridized carbons (Fsp3) is 0.154. The van der Waals surface area contributed by atoms with E-state index in [-0.39, 0.29) is 5.56 Å². The first-order valence-corrected chi connectivity index (χ1v) is 5.45. The maximum Gasteiger partial charge on any atom is 0.250 e. The normalized spacial score (nSPS) is 10.7. The number of rotatable bonds is 2. The van der Waals surface area contributed by atoms with Gasteiger partial charge in [-0.05, 0) is 6.07 Å². The van der Waals surface area contributed by atoms with Crippen LogP contribution in [0.5, 0.6) is 5.75 Å². The molecule has 0 aliphatic rings. The van der Waals surface area contributed by atoms with E-state index in [4.69, 9.17) is 0 Å². The van der Waals surface area contributed by atoms with E-state index < -0.39 is 40.1 Å². The summed E-state index contributed by atoms with van der Waals surface area (Å²) in [6, 6.07) is 2.11. The second-order valence-corrected chi connectivity index (χ2v) is 4.03. The first kappa shape index (κ1) is 14.1. The van der Waals surface area contributed by atoms with E-state index in [2.05, 4.69) is 4.74 Å². The van der Waals surface area contributed by atoms with Crippen molar-refractivity contribution in [3.05, 3.63) is 52.0 Å². The number of halogens is 4. The third-order valence-corrected chi connectivity index (χ3v) is 2.80. The van der Waals surface area contributed by atoms with Crippen LogP contribution < -0.4 is 10.3 Å². The van der Waals surface area contributed by atoms with Crippen LogP contribution in [-0.4, -0.2) is 11.7 Å². The molecule has 0 atom stereocenters. The van der Waals surface area contributed by atoms with Gasteiger partial charge in [-0.1, -0.05) is 0 Å². The van der Waals surface area contributed by atoms with E-state index >= 15 is 0 Å². The van der Waals surface area contributed by atoms with Crippen molar-refractivity contribution in [2.75, 3.05) is 7.11 Å². The predicted molar refractivity (Wildman–Crippen MR) is 63.5 cm³/mol. The van der Waals surface area contributed by atoms with E-state index in [9.17, 15) is 22.4 Å². The molecule has 3 nitrogen and oxygen atoms in total. The molecule has 0 amide bonds. The Balaban J connectivity index is 2.81. The number of ether oxygens (including phenoxy) is 1. The molecule has 0 radical (unpaired) electrons. The third-order valence-electron chi connectivity index (χ3n) is 2.80. The molecule has 0 aliphatic carbocycles.